The van der Waals surface area contributed by atoms with Crippen LogP contribution in [-0.2, 0) is 0 Å². The number of alkyl halides is 3. The molecule has 5 nitrogen and oxygen atoms in total. The summed E-state index contributed by atoms with van der Waals surface area (Å²) < 4.78 is 42.1. The minimum atomic E-state index is -5.01. The summed E-state index contributed by atoms with van der Waals surface area (Å²) in [6, 6.07) is 9.89. The van der Waals surface area contributed by atoms with E-state index in [0.717, 1.165) is 0 Å². The molecule has 2 atom stereocenters. The second kappa shape index (κ2) is 6.85. The average Bonchev–Trinajstić information content (AvgIpc) is 2.66. The van der Waals surface area contributed by atoms with Gasteiger partial charge >= 0.3 is 6.18 Å². The maximum atomic E-state index is 14.0. The van der Waals surface area contributed by atoms with E-state index in [1.807, 2.05) is 0 Å². The van der Waals surface area contributed by atoms with E-state index in [9.17, 15) is 28.2 Å². The van der Waals surface area contributed by atoms with Gasteiger partial charge in [0.2, 0.25) is 11.2 Å². The quantitative estimate of drug-likeness (QED) is 0.511. The molecule has 0 radical (unpaired) electrons. The monoisotopic (exact) mass is 436 g/mol. The Bertz CT molecular complexity index is 1250. The minimum Gasteiger partial charge on any atom is -0.506 e. The summed E-state index contributed by atoms with van der Waals surface area (Å²) in [6.07, 6.45) is -5.73. The first-order valence-corrected chi connectivity index (χ1v) is 9.43. The maximum Gasteiger partial charge on any atom is 0.423 e. The van der Waals surface area contributed by atoms with Crippen LogP contribution in [0.5, 0.6) is 5.75 Å². The molecule has 0 saturated heterocycles. The number of rotatable bonds is 1. The Morgan fingerprint density at radius 3 is 2.63 bits per heavy atom. The molecule has 156 valence electrons. The molecule has 1 aromatic heterocycles. The third kappa shape index (κ3) is 3.07. The number of hydrogen-bond donors (Lipinski definition) is 3. The van der Waals surface area contributed by atoms with Crippen LogP contribution < -0.4 is 5.56 Å². The number of aliphatic hydroxyl groups is 1. The number of aliphatic imine (C=N–C) groups is 1. The molecule has 4 rings (SSSR count). The summed E-state index contributed by atoms with van der Waals surface area (Å²) in [5.41, 5.74) is -3.53. The lowest BCUT2D eigenvalue weighted by Crippen LogP contribution is -2.55. The molecule has 0 fully saturated rings. The molecule has 0 aliphatic heterocycles. The number of halogens is 4. The van der Waals surface area contributed by atoms with Crippen molar-refractivity contribution in [3.05, 3.63) is 69.0 Å². The third-order valence-electron chi connectivity index (χ3n) is 5.35. The summed E-state index contributed by atoms with van der Waals surface area (Å²) in [5, 5.41) is 21.6. The van der Waals surface area contributed by atoms with Gasteiger partial charge in [-0.15, -0.1) is 0 Å². The van der Waals surface area contributed by atoms with Crippen LogP contribution in [0.2, 0.25) is 5.02 Å². The normalized spacial score (nSPS) is 23.0. The van der Waals surface area contributed by atoms with Crippen molar-refractivity contribution in [3.8, 4) is 5.75 Å². The predicted molar refractivity (Wildman–Crippen MR) is 108 cm³/mol. The van der Waals surface area contributed by atoms with Gasteiger partial charge in [0.1, 0.15) is 5.75 Å². The highest BCUT2D eigenvalue weighted by Gasteiger charge is 2.60. The number of H-pyrrole nitrogens is 1. The maximum absolute atomic E-state index is 14.0. The fourth-order valence-corrected chi connectivity index (χ4v) is 4.11. The smallest absolute Gasteiger partial charge is 0.423 e. The fraction of sp³-hybridized carbons (Fsp3) is 0.238. The summed E-state index contributed by atoms with van der Waals surface area (Å²) in [5.74, 6) is -1.16. The summed E-state index contributed by atoms with van der Waals surface area (Å²) in [6.45, 7) is 1.48. The number of aromatic nitrogens is 1. The van der Waals surface area contributed by atoms with Crippen molar-refractivity contribution in [1.29, 1.82) is 0 Å². The van der Waals surface area contributed by atoms with E-state index in [0.29, 0.717) is 10.9 Å². The highest BCUT2D eigenvalue weighted by molar-refractivity contribution is 6.32. The number of aromatic amines is 1. The Balaban J connectivity index is 2.06. The molecule has 0 amide bonds. The largest absolute Gasteiger partial charge is 0.506 e. The second-order valence-corrected chi connectivity index (χ2v) is 7.75. The van der Waals surface area contributed by atoms with Crippen LogP contribution in [0.1, 0.15) is 30.4 Å². The Morgan fingerprint density at radius 2 is 1.93 bits per heavy atom. The highest BCUT2D eigenvalue weighted by Crippen LogP contribution is 2.50. The Kier molecular flexibility index (Phi) is 4.67. The van der Waals surface area contributed by atoms with Crippen LogP contribution in [0.4, 0.5) is 18.9 Å². The van der Waals surface area contributed by atoms with Crippen molar-refractivity contribution in [1.82, 2.24) is 4.98 Å². The van der Waals surface area contributed by atoms with Gasteiger partial charge in [-0.25, -0.2) is 4.99 Å². The van der Waals surface area contributed by atoms with Crippen molar-refractivity contribution < 1.29 is 23.4 Å². The van der Waals surface area contributed by atoms with E-state index >= 15 is 0 Å². The molecule has 0 bridgehead atoms. The Morgan fingerprint density at radius 1 is 1.20 bits per heavy atom. The Labute approximate surface area is 173 Å². The Hall–Kier alpha value is -2.84. The number of aromatic hydroxyl groups is 1. The van der Waals surface area contributed by atoms with E-state index in [2.05, 4.69) is 9.98 Å². The van der Waals surface area contributed by atoms with E-state index in [4.69, 9.17) is 11.6 Å². The van der Waals surface area contributed by atoms with Crippen LogP contribution in [0.3, 0.4) is 0 Å². The third-order valence-corrected chi connectivity index (χ3v) is 5.66. The number of benzene rings is 2. The van der Waals surface area contributed by atoms with Crippen molar-refractivity contribution in [2.75, 3.05) is 0 Å². The molecule has 3 N–H and O–H groups in total. The molecular weight excluding hydrogens is 421 g/mol. The summed E-state index contributed by atoms with van der Waals surface area (Å²) >= 11 is 5.96. The zero-order valence-corrected chi connectivity index (χ0v) is 16.3. The lowest BCUT2D eigenvalue weighted by atomic mass is 9.72. The molecule has 0 unspecified atom stereocenters. The van der Waals surface area contributed by atoms with Crippen molar-refractivity contribution in [3.63, 3.8) is 0 Å². The molecule has 0 saturated carbocycles. The highest BCUT2D eigenvalue weighted by atomic mass is 35.5. The molecule has 1 heterocycles. The predicted octanol–water partition coefficient (Wildman–Crippen LogP) is 4.81. The van der Waals surface area contributed by atoms with E-state index in [1.165, 1.54) is 43.3 Å². The zero-order chi connectivity index (χ0) is 21.8. The van der Waals surface area contributed by atoms with Crippen molar-refractivity contribution in [2.24, 2.45) is 4.99 Å². The van der Waals surface area contributed by atoms with Gasteiger partial charge in [0, 0.05) is 22.6 Å². The van der Waals surface area contributed by atoms with Crippen molar-refractivity contribution >= 4 is 33.9 Å². The summed E-state index contributed by atoms with van der Waals surface area (Å²) in [4.78, 5) is 18.4. The molecule has 1 aliphatic rings. The number of nitrogens with zero attached hydrogens (tertiary/aromatic N) is 1. The molecule has 9 heteroatoms. The van der Waals surface area contributed by atoms with Crippen LogP contribution in [0, 0.1) is 0 Å². The number of nitrogens with one attached hydrogen (secondary N) is 1. The van der Waals surface area contributed by atoms with Gasteiger partial charge in [-0.2, -0.15) is 13.2 Å². The summed E-state index contributed by atoms with van der Waals surface area (Å²) in [7, 11) is 0. The van der Waals surface area contributed by atoms with Crippen LogP contribution >= 0.6 is 11.6 Å². The zero-order valence-electron chi connectivity index (χ0n) is 15.6. The van der Waals surface area contributed by atoms with E-state index in [-0.39, 0.29) is 33.1 Å². The van der Waals surface area contributed by atoms with Gasteiger partial charge in [0.15, 0.2) is 0 Å². The molecule has 2 aromatic carbocycles. The lowest BCUT2D eigenvalue weighted by Gasteiger charge is -2.39. The molecule has 3 aromatic rings. The number of phenols is 1. The molecular formula is C21H16ClF3N2O3. The lowest BCUT2D eigenvalue weighted by molar-refractivity contribution is -0.234. The van der Waals surface area contributed by atoms with Gasteiger partial charge in [0.05, 0.1) is 21.9 Å². The number of pyridine rings is 1. The minimum absolute atomic E-state index is 0.000125. The topological polar surface area (TPSA) is 85.7 Å². The van der Waals surface area contributed by atoms with Gasteiger partial charge in [-0.05, 0) is 36.6 Å². The van der Waals surface area contributed by atoms with Crippen molar-refractivity contribution in [2.45, 2.75) is 31.0 Å². The van der Waals surface area contributed by atoms with Gasteiger partial charge < -0.3 is 15.2 Å². The van der Waals surface area contributed by atoms with Gasteiger partial charge in [0.25, 0.3) is 0 Å². The molecule has 0 spiro atoms. The first-order chi connectivity index (χ1) is 14.0. The number of hydrogen-bond acceptors (Lipinski definition) is 4. The SMILES string of the molecule is C[C@@H]1C[C@](O)(C(F)(F)F)C(=Nc2cccc3[nH]c(=O)ccc23)c2ccc(Cl)c(O)c21. The molecule has 30 heavy (non-hydrogen) atoms. The second-order valence-electron chi connectivity index (χ2n) is 7.34. The van der Waals surface area contributed by atoms with E-state index < -0.39 is 29.8 Å². The number of fused-ring (bicyclic) bond motifs is 2. The molecule has 1 aliphatic carbocycles. The first-order valence-electron chi connectivity index (χ1n) is 9.05. The number of phenolic OH excluding ortho intramolecular Hbond substituents is 1. The van der Waals surface area contributed by atoms with Crippen LogP contribution in [-0.4, -0.2) is 32.7 Å². The first kappa shape index (κ1) is 20.4. The fourth-order valence-electron chi connectivity index (χ4n) is 3.94. The standard InChI is InChI=1S/C21H16ClF3N2O3/c1-10-9-20(30,21(23,24)25)19(12-5-7-13(22)18(29)17(10)12)27-15-4-2-3-14-11(15)6-8-16(28)26-14/h2-8,10,29-30H,9H2,1H3,(H,26,28)/t10-,20-/m1/s1. The van der Waals surface area contributed by atoms with Gasteiger partial charge in [-0.3, -0.25) is 4.79 Å². The van der Waals surface area contributed by atoms with Crippen LogP contribution in [0.15, 0.2) is 52.3 Å². The van der Waals surface area contributed by atoms with E-state index in [1.54, 1.807) is 6.07 Å². The van der Waals surface area contributed by atoms with Gasteiger partial charge in [-0.1, -0.05) is 30.7 Å². The van der Waals surface area contributed by atoms with Crippen LogP contribution in [0.25, 0.3) is 10.9 Å². The average molecular weight is 437 g/mol.